The summed E-state index contributed by atoms with van der Waals surface area (Å²) in [5.74, 6) is -0.958. The summed E-state index contributed by atoms with van der Waals surface area (Å²) in [5.41, 5.74) is 4.67. The molecule has 3 heterocycles. The molecule has 156 valence electrons. The molecule has 2 aromatic carbocycles. The van der Waals surface area contributed by atoms with E-state index in [1.165, 1.54) is 0 Å². The third kappa shape index (κ3) is 3.46. The van der Waals surface area contributed by atoms with E-state index in [0.717, 1.165) is 41.9 Å². The third-order valence-electron chi connectivity index (χ3n) is 5.50. The molecule has 1 saturated heterocycles. The van der Waals surface area contributed by atoms with Crippen molar-refractivity contribution in [2.75, 3.05) is 31.1 Å². The number of piperazine rings is 1. The molecule has 4 aromatic rings. The summed E-state index contributed by atoms with van der Waals surface area (Å²) in [4.78, 5) is 17.0. The molecule has 1 fully saturated rings. The van der Waals surface area contributed by atoms with Gasteiger partial charge in [-0.1, -0.05) is 18.2 Å². The van der Waals surface area contributed by atoms with Crippen molar-refractivity contribution in [2.45, 2.75) is 12.7 Å². The SMILES string of the molecule is FC(F)(F)c1nc2c(N3CCN(Cc4cccc5[nH]c(=S)[nH]c45)CC3)cccc2[nH]1. The van der Waals surface area contributed by atoms with Crippen LogP contribution < -0.4 is 4.90 Å². The van der Waals surface area contributed by atoms with Crippen LogP contribution in [-0.4, -0.2) is 51.0 Å². The number of imidazole rings is 2. The Morgan fingerprint density at radius 1 is 0.933 bits per heavy atom. The van der Waals surface area contributed by atoms with Crippen LogP contribution in [0.5, 0.6) is 0 Å². The van der Waals surface area contributed by atoms with E-state index < -0.39 is 12.0 Å². The van der Waals surface area contributed by atoms with Gasteiger partial charge in [0.15, 0.2) is 4.77 Å². The lowest BCUT2D eigenvalue weighted by atomic mass is 10.1. The van der Waals surface area contributed by atoms with E-state index in [1.807, 2.05) is 18.2 Å². The van der Waals surface area contributed by atoms with Gasteiger partial charge >= 0.3 is 6.18 Å². The van der Waals surface area contributed by atoms with Crippen LogP contribution in [0.1, 0.15) is 11.4 Å². The van der Waals surface area contributed by atoms with Gasteiger partial charge in [-0.25, -0.2) is 4.98 Å². The molecule has 0 spiro atoms. The summed E-state index contributed by atoms with van der Waals surface area (Å²) in [6, 6.07) is 11.3. The first-order valence-electron chi connectivity index (χ1n) is 9.61. The van der Waals surface area contributed by atoms with Crippen molar-refractivity contribution < 1.29 is 13.2 Å². The molecular weight excluding hydrogens is 413 g/mol. The molecular formula is C20H19F3N6S. The topological polar surface area (TPSA) is 66.7 Å². The number of aromatic amines is 3. The van der Waals surface area contributed by atoms with E-state index in [1.54, 1.807) is 12.1 Å². The number of H-pyrrole nitrogens is 3. The van der Waals surface area contributed by atoms with Crippen molar-refractivity contribution in [2.24, 2.45) is 0 Å². The van der Waals surface area contributed by atoms with Gasteiger partial charge in [0, 0.05) is 32.7 Å². The van der Waals surface area contributed by atoms with Gasteiger partial charge in [-0.2, -0.15) is 13.2 Å². The molecule has 30 heavy (non-hydrogen) atoms. The Morgan fingerprint density at radius 2 is 1.67 bits per heavy atom. The molecule has 2 aromatic heterocycles. The number of anilines is 1. The summed E-state index contributed by atoms with van der Waals surface area (Å²) in [6.07, 6.45) is -4.49. The zero-order chi connectivity index (χ0) is 20.9. The first kappa shape index (κ1) is 19.1. The molecule has 1 aliphatic heterocycles. The van der Waals surface area contributed by atoms with Crippen molar-refractivity contribution in [3.8, 4) is 0 Å². The average molecular weight is 432 g/mol. The van der Waals surface area contributed by atoms with Crippen LogP contribution >= 0.6 is 12.2 Å². The second-order valence-electron chi connectivity index (χ2n) is 7.44. The van der Waals surface area contributed by atoms with Crippen molar-refractivity contribution in [3.05, 3.63) is 52.6 Å². The largest absolute Gasteiger partial charge is 0.449 e. The average Bonchev–Trinajstić information content (AvgIpc) is 3.32. The maximum atomic E-state index is 13.0. The van der Waals surface area contributed by atoms with Gasteiger partial charge < -0.3 is 19.9 Å². The minimum Gasteiger partial charge on any atom is -0.367 e. The lowest BCUT2D eigenvalue weighted by Crippen LogP contribution is -2.46. The zero-order valence-corrected chi connectivity index (χ0v) is 16.7. The Morgan fingerprint density at radius 3 is 2.43 bits per heavy atom. The maximum absolute atomic E-state index is 13.0. The van der Waals surface area contributed by atoms with Crippen LogP contribution in [0.2, 0.25) is 0 Å². The Hall–Kier alpha value is -2.85. The van der Waals surface area contributed by atoms with Gasteiger partial charge in [-0.3, -0.25) is 4.90 Å². The first-order chi connectivity index (χ1) is 14.4. The van der Waals surface area contributed by atoms with E-state index in [4.69, 9.17) is 12.2 Å². The quantitative estimate of drug-likeness (QED) is 0.419. The number of nitrogens with zero attached hydrogens (tertiary/aromatic N) is 3. The fourth-order valence-electron chi connectivity index (χ4n) is 4.05. The number of benzene rings is 2. The summed E-state index contributed by atoms with van der Waals surface area (Å²) >= 11 is 5.20. The summed E-state index contributed by atoms with van der Waals surface area (Å²) in [7, 11) is 0. The molecule has 0 unspecified atom stereocenters. The monoisotopic (exact) mass is 432 g/mol. The van der Waals surface area contributed by atoms with E-state index in [9.17, 15) is 13.2 Å². The first-order valence-corrected chi connectivity index (χ1v) is 10.0. The predicted molar refractivity (Wildman–Crippen MR) is 112 cm³/mol. The Kier molecular flexibility index (Phi) is 4.55. The van der Waals surface area contributed by atoms with Crippen molar-refractivity contribution in [1.29, 1.82) is 0 Å². The van der Waals surface area contributed by atoms with Crippen LogP contribution in [0, 0.1) is 4.77 Å². The van der Waals surface area contributed by atoms with Crippen LogP contribution in [-0.2, 0) is 12.7 Å². The predicted octanol–water partition coefficient (Wildman–Crippen LogP) is 4.44. The van der Waals surface area contributed by atoms with Gasteiger partial charge in [0.05, 0.1) is 22.2 Å². The maximum Gasteiger partial charge on any atom is 0.449 e. The van der Waals surface area contributed by atoms with Crippen molar-refractivity contribution >= 4 is 40.0 Å². The summed E-state index contributed by atoms with van der Waals surface area (Å²) in [5, 5.41) is 0. The molecule has 10 heteroatoms. The van der Waals surface area contributed by atoms with Gasteiger partial charge in [0.1, 0.15) is 5.52 Å². The van der Waals surface area contributed by atoms with Crippen LogP contribution in [0.15, 0.2) is 36.4 Å². The molecule has 0 saturated carbocycles. The molecule has 6 nitrogen and oxygen atoms in total. The lowest BCUT2D eigenvalue weighted by molar-refractivity contribution is -0.144. The number of fused-ring (bicyclic) bond motifs is 2. The van der Waals surface area contributed by atoms with Crippen molar-refractivity contribution in [1.82, 2.24) is 24.8 Å². The number of alkyl halides is 3. The summed E-state index contributed by atoms with van der Waals surface area (Å²) in [6.45, 7) is 3.81. The van der Waals surface area contributed by atoms with Gasteiger partial charge in [-0.15, -0.1) is 0 Å². The lowest BCUT2D eigenvalue weighted by Gasteiger charge is -2.36. The van der Waals surface area contributed by atoms with Gasteiger partial charge in [0.2, 0.25) is 5.82 Å². The number of rotatable bonds is 3. The van der Waals surface area contributed by atoms with Crippen LogP contribution in [0.4, 0.5) is 18.9 Å². The Balaban J connectivity index is 1.33. The number of aromatic nitrogens is 4. The normalized spacial score (nSPS) is 16.0. The molecule has 3 N–H and O–H groups in total. The second-order valence-corrected chi connectivity index (χ2v) is 7.85. The molecule has 0 amide bonds. The summed E-state index contributed by atoms with van der Waals surface area (Å²) < 4.78 is 39.7. The second kappa shape index (κ2) is 7.13. The standard InChI is InChI=1S/C20H19F3N6S/c21-20(22,23)18-24-14-5-2-6-15(17(14)26-18)29-9-7-28(8-10-29)11-12-3-1-4-13-16(12)27-19(30)25-13/h1-6H,7-11H2,(H,24,26)(H2,25,27,30). The van der Waals surface area contributed by atoms with E-state index in [2.05, 4.69) is 35.8 Å². The molecule has 0 aliphatic carbocycles. The number of nitrogens with one attached hydrogen (secondary N) is 3. The number of hydrogen-bond acceptors (Lipinski definition) is 4. The minimum atomic E-state index is -4.49. The molecule has 0 bridgehead atoms. The Labute approximate surface area is 174 Å². The van der Waals surface area contributed by atoms with Crippen LogP contribution in [0.25, 0.3) is 22.1 Å². The fourth-order valence-corrected chi connectivity index (χ4v) is 4.26. The van der Waals surface area contributed by atoms with E-state index in [-0.39, 0.29) is 0 Å². The van der Waals surface area contributed by atoms with Crippen molar-refractivity contribution in [3.63, 3.8) is 0 Å². The van der Waals surface area contributed by atoms with E-state index >= 15 is 0 Å². The fraction of sp³-hybridized carbons (Fsp3) is 0.300. The molecule has 1 aliphatic rings. The number of hydrogen-bond donors (Lipinski definition) is 3. The van der Waals surface area contributed by atoms with Gasteiger partial charge in [-0.05, 0) is 36.0 Å². The minimum absolute atomic E-state index is 0.364. The number of para-hydroxylation sites is 2. The van der Waals surface area contributed by atoms with E-state index in [0.29, 0.717) is 28.9 Å². The third-order valence-corrected chi connectivity index (χ3v) is 5.71. The molecule has 0 radical (unpaired) electrons. The highest BCUT2D eigenvalue weighted by Gasteiger charge is 2.35. The highest BCUT2D eigenvalue weighted by molar-refractivity contribution is 7.71. The molecule has 5 rings (SSSR count). The number of halogens is 3. The van der Waals surface area contributed by atoms with Gasteiger partial charge in [0.25, 0.3) is 0 Å². The van der Waals surface area contributed by atoms with Crippen LogP contribution in [0.3, 0.4) is 0 Å². The smallest absolute Gasteiger partial charge is 0.367 e. The highest BCUT2D eigenvalue weighted by atomic mass is 32.1. The molecule has 0 atom stereocenters. The Bertz CT molecular complexity index is 1260. The zero-order valence-electron chi connectivity index (χ0n) is 15.9. The highest BCUT2D eigenvalue weighted by Crippen LogP contribution is 2.32.